The number of aryl methyl sites for hydroxylation is 1. The predicted molar refractivity (Wildman–Crippen MR) is 122 cm³/mol. The van der Waals surface area contributed by atoms with Gasteiger partial charge in [-0.25, -0.2) is 0 Å². The van der Waals surface area contributed by atoms with Crippen molar-refractivity contribution in [3.05, 3.63) is 64.0 Å². The minimum atomic E-state index is -4.04. The monoisotopic (exact) mass is 477 g/mol. The van der Waals surface area contributed by atoms with E-state index in [1.807, 2.05) is 26.6 Å². The summed E-state index contributed by atoms with van der Waals surface area (Å²) in [7, 11) is -6.17. The largest absolute Gasteiger partial charge is 0.486 e. The van der Waals surface area contributed by atoms with Gasteiger partial charge in [-0.15, -0.1) is 0 Å². The lowest BCUT2D eigenvalue weighted by Crippen LogP contribution is -2.35. The van der Waals surface area contributed by atoms with Gasteiger partial charge in [0, 0.05) is 4.91 Å². The molecule has 0 aliphatic carbocycles. The molecular weight excluding hydrogens is 450 g/mol. The Hall–Kier alpha value is -2.56. The number of ether oxygens (including phenoxy) is 2. The van der Waals surface area contributed by atoms with Crippen molar-refractivity contribution in [2.45, 2.75) is 43.6 Å². The Bertz CT molecular complexity index is 1100. The normalized spacial score (nSPS) is 15.5. The first-order chi connectivity index (χ1) is 15.1. The van der Waals surface area contributed by atoms with Gasteiger partial charge in [-0.3, -0.25) is 4.18 Å². The lowest BCUT2D eigenvalue weighted by atomic mass is 10.0. The van der Waals surface area contributed by atoms with Crippen LogP contribution in [0.5, 0.6) is 11.5 Å². The molecule has 0 amide bonds. The van der Waals surface area contributed by atoms with E-state index in [1.165, 1.54) is 12.1 Å². The second kappa shape index (κ2) is 9.93. The van der Waals surface area contributed by atoms with E-state index in [0.717, 1.165) is 5.56 Å². The van der Waals surface area contributed by atoms with Crippen molar-refractivity contribution >= 4 is 18.4 Å². The van der Waals surface area contributed by atoms with Crippen molar-refractivity contribution < 1.29 is 26.5 Å². The standard InChI is InChI=1S/C21H27N3O6SSi/c1-15-5-8-17(9-6-15)31(25,26)29-14-18(23-24-22)21(30-32(2,3)4)16-7-10-19-20(13-16)28-12-11-27-19/h5-10,13,18,21H,11-12,14H2,1-4H3/t18?,21-/m1/s1. The average molecular weight is 478 g/mol. The zero-order valence-corrected chi connectivity index (χ0v) is 20.3. The van der Waals surface area contributed by atoms with Gasteiger partial charge in [-0.05, 0) is 61.9 Å². The molecule has 2 aromatic rings. The smallest absolute Gasteiger partial charge is 0.296 e. The fourth-order valence-electron chi connectivity index (χ4n) is 3.17. The van der Waals surface area contributed by atoms with E-state index < -0.39 is 30.6 Å². The summed E-state index contributed by atoms with van der Waals surface area (Å²) >= 11 is 0. The van der Waals surface area contributed by atoms with Crippen LogP contribution < -0.4 is 9.47 Å². The molecule has 2 aromatic carbocycles. The van der Waals surface area contributed by atoms with Crippen LogP contribution in [0.3, 0.4) is 0 Å². The zero-order valence-electron chi connectivity index (χ0n) is 18.5. The van der Waals surface area contributed by atoms with Gasteiger partial charge in [0.1, 0.15) is 13.2 Å². The fourth-order valence-corrected chi connectivity index (χ4v) is 5.15. The molecule has 0 radical (unpaired) electrons. The van der Waals surface area contributed by atoms with Crippen molar-refractivity contribution in [1.82, 2.24) is 0 Å². The SMILES string of the molecule is Cc1ccc(S(=O)(=O)OCC(N=[N+]=[N-])[C@H](O[Si](C)(C)C)c2ccc3c(c2)OCCO3)cc1. The Morgan fingerprint density at radius 3 is 2.38 bits per heavy atom. The van der Waals surface area contributed by atoms with E-state index in [9.17, 15) is 8.42 Å². The Balaban J connectivity index is 1.89. The third-order valence-electron chi connectivity index (χ3n) is 4.63. The number of nitrogens with zero attached hydrogens (tertiary/aromatic N) is 3. The topological polar surface area (TPSA) is 120 Å². The molecular formula is C21H27N3O6SSi. The quantitative estimate of drug-likeness (QED) is 0.169. The molecule has 1 aliphatic heterocycles. The molecule has 1 unspecified atom stereocenters. The highest BCUT2D eigenvalue weighted by molar-refractivity contribution is 7.86. The Morgan fingerprint density at radius 1 is 1.09 bits per heavy atom. The van der Waals surface area contributed by atoms with E-state index in [4.69, 9.17) is 23.6 Å². The molecule has 0 saturated heterocycles. The van der Waals surface area contributed by atoms with E-state index in [0.29, 0.717) is 30.3 Å². The number of hydrogen-bond acceptors (Lipinski definition) is 7. The molecule has 1 heterocycles. The number of hydrogen-bond donors (Lipinski definition) is 0. The Labute approximate surface area is 189 Å². The summed E-state index contributed by atoms with van der Waals surface area (Å²) in [4.78, 5) is 2.95. The molecule has 0 saturated carbocycles. The third-order valence-corrected chi connectivity index (χ3v) is 6.89. The van der Waals surface area contributed by atoms with Crippen molar-refractivity contribution in [3.63, 3.8) is 0 Å². The molecule has 0 fully saturated rings. The number of rotatable bonds is 9. The van der Waals surface area contributed by atoms with Crippen LogP contribution in [0, 0.1) is 6.92 Å². The highest BCUT2D eigenvalue weighted by atomic mass is 32.2. The lowest BCUT2D eigenvalue weighted by Gasteiger charge is -2.31. The van der Waals surface area contributed by atoms with Crippen LogP contribution in [0.1, 0.15) is 17.2 Å². The molecule has 0 aromatic heterocycles. The van der Waals surface area contributed by atoms with Crippen molar-refractivity contribution in [2.24, 2.45) is 5.11 Å². The zero-order chi connectivity index (χ0) is 23.4. The molecule has 0 spiro atoms. The first-order valence-electron chi connectivity index (χ1n) is 10.2. The van der Waals surface area contributed by atoms with Crippen LogP contribution in [-0.2, 0) is 18.7 Å². The predicted octanol–water partition coefficient (Wildman–Crippen LogP) is 4.74. The van der Waals surface area contributed by atoms with Gasteiger partial charge >= 0.3 is 0 Å². The highest BCUT2D eigenvalue weighted by Gasteiger charge is 2.32. The van der Waals surface area contributed by atoms with Crippen LogP contribution in [0.2, 0.25) is 19.6 Å². The molecule has 0 N–H and O–H groups in total. The molecule has 11 heteroatoms. The van der Waals surface area contributed by atoms with Crippen molar-refractivity contribution in [1.29, 1.82) is 0 Å². The second-order valence-corrected chi connectivity index (χ2v) is 14.5. The van der Waals surface area contributed by atoms with E-state index in [2.05, 4.69) is 10.0 Å². The van der Waals surface area contributed by atoms with Gasteiger partial charge in [-0.1, -0.05) is 28.9 Å². The maximum Gasteiger partial charge on any atom is 0.296 e. The lowest BCUT2D eigenvalue weighted by molar-refractivity contribution is 0.132. The van der Waals surface area contributed by atoms with Gasteiger partial charge in [0.25, 0.3) is 10.1 Å². The number of azide groups is 1. The summed E-state index contributed by atoms with van der Waals surface area (Å²) in [5.74, 6) is 1.18. The summed E-state index contributed by atoms with van der Waals surface area (Å²) in [5, 5.41) is 3.82. The number of benzene rings is 2. The highest BCUT2D eigenvalue weighted by Crippen LogP contribution is 2.36. The summed E-state index contributed by atoms with van der Waals surface area (Å²) in [6.07, 6.45) is -0.721. The van der Waals surface area contributed by atoms with Crippen LogP contribution in [-0.4, -0.2) is 42.6 Å². The molecule has 0 bridgehead atoms. The van der Waals surface area contributed by atoms with Crippen LogP contribution in [0.25, 0.3) is 10.4 Å². The molecule has 9 nitrogen and oxygen atoms in total. The van der Waals surface area contributed by atoms with Crippen LogP contribution in [0.4, 0.5) is 0 Å². The first-order valence-corrected chi connectivity index (χ1v) is 15.0. The fraction of sp³-hybridized carbons (Fsp3) is 0.429. The van der Waals surface area contributed by atoms with Crippen molar-refractivity contribution in [2.75, 3.05) is 19.8 Å². The maximum atomic E-state index is 12.7. The second-order valence-electron chi connectivity index (χ2n) is 8.38. The molecule has 3 rings (SSSR count). The van der Waals surface area contributed by atoms with Crippen molar-refractivity contribution in [3.8, 4) is 11.5 Å². The minimum absolute atomic E-state index is 0.0322. The third kappa shape index (κ3) is 6.24. The van der Waals surface area contributed by atoms with E-state index >= 15 is 0 Å². The summed E-state index contributed by atoms with van der Waals surface area (Å²) < 4.78 is 48.2. The molecule has 2 atom stereocenters. The Morgan fingerprint density at radius 2 is 1.75 bits per heavy atom. The number of fused-ring (bicyclic) bond motifs is 1. The van der Waals surface area contributed by atoms with E-state index in [-0.39, 0.29) is 11.5 Å². The molecule has 1 aliphatic rings. The maximum absolute atomic E-state index is 12.7. The van der Waals surface area contributed by atoms with Gasteiger partial charge in [0.05, 0.1) is 23.6 Å². The van der Waals surface area contributed by atoms with E-state index in [1.54, 1.807) is 30.3 Å². The van der Waals surface area contributed by atoms with Gasteiger partial charge < -0.3 is 13.9 Å². The molecule has 172 valence electrons. The first kappa shape index (κ1) is 24.1. The minimum Gasteiger partial charge on any atom is -0.486 e. The molecule has 32 heavy (non-hydrogen) atoms. The summed E-state index contributed by atoms with van der Waals surface area (Å²) in [6.45, 7) is 8.37. The van der Waals surface area contributed by atoms with Gasteiger partial charge in [0.2, 0.25) is 0 Å². The summed E-state index contributed by atoms with van der Waals surface area (Å²) in [6, 6.07) is 10.7. The van der Waals surface area contributed by atoms with Crippen LogP contribution >= 0.6 is 0 Å². The van der Waals surface area contributed by atoms with Gasteiger partial charge in [-0.2, -0.15) is 8.42 Å². The summed E-state index contributed by atoms with van der Waals surface area (Å²) in [5.41, 5.74) is 10.8. The Kier molecular flexibility index (Phi) is 7.47. The average Bonchev–Trinajstić information content (AvgIpc) is 2.74. The van der Waals surface area contributed by atoms with Gasteiger partial charge in [0.15, 0.2) is 19.8 Å². The van der Waals surface area contributed by atoms with Crippen LogP contribution in [0.15, 0.2) is 52.5 Å².